The molecule has 1 aliphatic rings. The third kappa shape index (κ3) is 2.80. The molecule has 1 unspecified atom stereocenters. The van der Waals surface area contributed by atoms with Crippen molar-refractivity contribution in [2.24, 2.45) is 0 Å². The summed E-state index contributed by atoms with van der Waals surface area (Å²) in [5.74, 6) is 0.663. The van der Waals surface area contributed by atoms with Crippen LogP contribution in [0.5, 0.6) is 5.88 Å². The number of rotatable bonds is 4. The highest BCUT2D eigenvalue weighted by Gasteiger charge is 2.23. The van der Waals surface area contributed by atoms with Crippen molar-refractivity contribution in [3.05, 3.63) is 48.7 Å². The summed E-state index contributed by atoms with van der Waals surface area (Å²) in [6, 6.07) is 14.0. The van der Waals surface area contributed by atoms with Gasteiger partial charge in [0.15, 0.2) is 5.65 Å². The van der Waals surface area contributed by atoms with Crippen LogP contribution in [-0.2, 0) is 0 Å². The van der Waals surface area contributed by atoms with Crippen LogP contribution in [0.4, 0.5) is 0 Å². The second kappa shape index (κ2) is 6.01. The number of aromatic nitrogens is 3. The van der Waals surface area contributed by atoms with Crippen molar-refractivity contribution in [2.45, 2.75) is 19.4 Å². The van der Waals surface area contributed by atoms with Crippen LogP contribution in [0.25, 0.3) is 16.9 Å². The van der Waals surface area contributed by atoms with E-state index in [9.17, 15) is 0 Å². The van der Waals surface area contributed by atoms with E-state index < -0.39 is 0 Å². The fraction of sp³-hybridized carbons (Fsp3) is 0.333. The first kappa shape index (κ1) is 14.2. The van der Waals surface area contributed by atoms with E-state index in [-0.39, 0.29) is 6.10 Å². The van der Waals surface area contributed by atoms with E-state index >= 15 is 0 Å². The molecule has 4 rings (SSSR count). The van der Waals surface area contributed by atoms with Crippen molar-refractivity contribution in [3.63, 3.8) is 0 Å². The summed E-state index contributed by atoms with van der Waals surface area (Å²) in [6.07, 6.45) is 3.14. The number of fused-ring (bicyclic) bond motifs is 1. The van der Waals surface area contributed by atoms with Gasteiger partial charge in [-0.1, -0.05) is 37.3 Å². The largest absolute Gasteiger partial charge is 0.472 e. The molecular weight excluding hydrogens is 288 g/mol. The molecule has 3 aromatic rings. The third-order valence-corrected chi connectivity index (χ3v) is 4.37. The average Bonchev–Trinajstić information content (AvgIpc) is 3.22. The summed E-state index contributed by atoms with van der Waals surface area (Å²) >= 11 is 0. The molecule has 5 nitrogen and oxygen atoms in total. The molecule has 1 aliphatic heterocycles. The molecule has 1 fully saturated rings. The summed E-state index contributed by atoms with van der Waals surface area (Å²) in [7, 11) is 0. The SMILES string of the molecule is CCN1CCC(Oc2ccc3ncc(-c4ccccc4)n3n2)C1. The predicted molar refractivity (Wildman–Crippen MR) is 89.6 cm³/mol. The van der Waals surface area contributed by atoms with E-state index in [1.807, 2.05) is 41.0 Å². The average molecular weight is 308 g/mol. The fourth-order valence-electron chi connectivity index (χ4n) is 3.08. The standard InChI is InChI=1S/C18H20N4O/c1-2-21-11-10-15(13-21)23-18-9-8-17-19-12-16(22(17)20-18)14-6-4-3-5-7-14/h3-9,12,15H,2,10-11,13H2,1H3. The number of hydrogen-bond donors (Lipinski definition) is 0. The molecule has 0 aliphatic carbocycles. The van der Waals surface area contributed by atoms with Crippen molar-refractivity contribution >= 4 is 5.65 Å². The van der Waals surface area contributed by atoms with Crippen LogP contribution in [-0.4, -0.2) is 45.2 Å². The van der Waals surface area contributed by atoms with Crippen LogP contribution in [0.2, 0.25) is 0 Å². The summed E-state index contributed by atoms with van der Waals surface area (Å²) in [5, 5.41) is 4.64. The molecule has 0 spiro atoms. The van der Waals surface area contributed by atoms with Crippen molar-refractivity contribution in [3.8, 4) is 17.1 Å². The van der Waals surface area contributed by atoms with Crippen molar-refractivity contribution in [1.82, 2.24) is 19.5 Å². The highest BCUT2D eigenvalue weighted by molar-refractivity contribution is 5.62. The molecular formula is C18H20N4O. The van der Waals surface area contributed by atoms with Gasteiger partial charge >= 0.3 is 0 Å². The molecule has 5 heteroatoms. The molecule has 0 N–H and O–H groups in total. The lowest BCUT2D eigenvalue weighted by Gasteiger charge is -2.14. The minimum atomic E-state index is 0.226. The van der Waals surface area contributed by atoms with Gasteiger partial charge in [-0.15, -0.1) is 5.10 Å². The van der Waals surface area contributed by atoms with Gasteiger partial charge in [-0.3, -0.25) is 4.90 Å². The molecule has 3 heterocycles. The van der Waals surface area contributed by atoms with E-state index in [0.29, 0.717) is 5.88 Å². The highest BCUT2D eigenvalue weighted by atomic mass is 16.5. The zero-order chi connectivity index (χ0) is 15.6. The van der Waals surface area contributed by atoms with Crippen molar-refractivity contribution in [1.29, 1.82) is 0 Å². The van der Waals surface area contributed by atoms with Crippen molar-refractivity contribution in [2.75, 3.05) is 19.6 Å². The zero-order valence-corrected chi connectivity index (χ0v) is 13.2. The quantitative estimate of drug-likeness (QED) is 0.743. The number of benzene rings is 1. The molecule has 1 aromatic carbocycles. The minimum absolute atomic E-state index is 0.226. The van der Waals surface area contributed by atoms with Gasteiger partial charge in [0, 0.05) is 24.7 Å². The lowest BCUT2D eigenvalue weighted by atomic mass is 10.2. The van der Waals surface area contributed by atoms with E-state index in [2.05, 4.69) is 34.0 Å². The Bertz CT molecular complexity index is 799. The van der Waals surface area contributed by atoms with Gasteiger partial charge in [0.25, 0.3) is 0 Å². The molecule has 23 heavy (non-hydrogen) atoms. The lowest BCUT2D eigenvalue weighted by molar-refractivity contribution is 0.192. The number of likely N-dealkylation sites (tertiary alicyclic amines) is 1. The number of nitrogens with zero attached hydrogens (tertiary/aromatic N) is 4. The molecule has 0 bridgehead atoms. The van der Waals surface area contributed by atoms with E-state index in [4.69, 9.17) is 4.74 Å². The Hall–Kier alpha value is -2.40. The number of likely N-dealkylation sites (N-methyl/N-ethyl adjacent to an activating group) is 1. The molecule has 118 valence electrons. The van der Waals surface area contributed by atoms with Crippen LogP contribution < -0.4 is 4.74 Å². The Kier molecular flexibility index (Phi) is 3.71. The normalized spacial score (nSPS) is 18.6. The Morgan fingerprint density at radius 3 is 2.83 bits per heavy atom. The van der Waals surface area contributed by atoms with E-state index in [1.165, 1.54) is 0 Å². The van der Waals surface area contributed by atoms with Crippen LogP contribution in [0.3, 0.4) is 0 Å². The number of ether oxygens (including phenoxy) is 1. The monoisotopic (exact) mass is 308 g/mol. The van der Waals surface area contributed by atoms with E-state index in [0.717, 1.165) is 43.0 Å². The van der Waals surface area contributed by atoms with Gasteiger partial charge < -0.3 is 4.74 Å². The highest BCUT2D eigenvalue weighted by Crippen LogP contribution is 2.22. The van der Waals surface area contributed by atoms with Gasteiger partial charge in [0.2, 0.25) is 5.88 Å². The fourth-order valence-corrected chi connectivity index (χ4v) is 3.08. The summed E-state index contributed by atoms with van der Waals surface area (Å²) in [4.78, 5) is 6.83. The maximum atomic E-state index is 6.07. The zero-order valence-electron chi connectivity index (χ0n) is 13.2. The molecule has 0 amide bonds. The predicted octanol–water partition coefficient (Wildman–Crippen LogP) is 2.87. The van der Waals surface area contributed by atoms with Crippen molar-refractivity contribution < 1.29 is 4.74 Å². The van der Waals surface area contributed by atoms with Gasteiger partial charge in [0.1, 0.15) is 6.10 Å². The number of imidazole rings is 1. The van der Waals surface area contributed by atoms with Gasteiger partial charge in [0.05, 0.1) is 11.9 Å². The van der Waals surface area contributed by atoms with Crippen LogP contribution in [0.1, 0.15) is 13.3 Å². The topological polar surface area (TPSA) is 42.7 Å². The Labute approximate surface area is 135 Å². The Balaban J connectivity index is 1.62. The van der Waals surface area contributed by atoms with Crippen LogP contribution in [0.15, 0.2) is 48.7 Å². The second-order valence-electron chi connectivity index (χ2n) is 5.87. The van der Waals surface area contributed by atoms with Crippen LogP contribution >= 0.6 is 0 Å². The molecule has 0 radical (unpaired) electrons. The minimum Gasteiger partial charge on any atom is -0.472 e. The summed E-state index contributed by atoms with van der Waals surface area (Å²) in [6.45, 7) is 5.34. The van der Waals surface area contributed by atoms with E-state index in [1.54, 1.807) is 0 Å². The third-order valence-electron chi connectivity index (χ3n) is 4.37. The maximum absolute atomic E-state index is 6.07. The van der Waals surface area contributed by atoms with Gasteiger partial charge in [-0.25, -0.2) is 9.50 Å². The molecule has 2 aromatic heterocycles. The van der Waals surface area contributed by atoms with Gasteiger partial charge in [-0.2, -0.15) is 0 Å². The first-order chi connectivity index (χ1) is 11.3. The molecule has 0 saturated carbocycles. The number of hydrogen-bond acceptors (Lipinski definition) is 4. The first-order valence-electron chi connectivity index (χ1n) is 8.12. The Morgan fingerprint density at radius 2 is 2.04 bits per heavy atom. The summed E-state index contributed by atoms with van der Waals surface area (Å²) < 4.78 is 7.93. The van der Waals surface area contributed by atoms with Gasteiger partial charge in [-0.05, 0) is 19.0 Å². The lowest BCUT2D eigenvalue weighted by Crippen LogP contribution is -2.24. The smallest absolute Gasteiger partial charge is 0.232 e. The first-order valence-corrected chi connectivity index (χ1v) is 8.12. The maximum Gasteiger partial charge on any atom is 0.232 e. The van der Waals surface area contributed by atoms with Crippen LogP contribution in [0, 0.1) is 0 Å². The molecule has 1 atom stereocenters. The Morgan fingerprint density at radius 1 is 1.17 bits per heavy atom. The second-order valence-corrected chi connectivity index (χ2v) is 5.87. The molecule has 1 saturated heterocycles. The summed E-state index contributed by atoms with van der Waals surface area (Å²) in [5.41, 5.74) is 2.91.